The Morgan fingerprint density at radius 3 is 2.73 bits per heavy atom. The fraction of sp³-hybridized carbons (Fsp3) is 0.727. The number of hydrogen-bond acceptors (Lipinski definition) is 2. The first kappa shape index (κ1) is 12.0. The molecule has 0 aromatic heterocycles. The molecule has 2 amide bonds. The summed E-state index contributed by atoms with van der Waals surface area (Å²) < 4.78 is 0. The number of hydrogen-bond donors (Lipinski definition) is 2. The Balaban J connectivity index is 2.35. The minimum absolute atomic E-state index is 0.0192. The highest BCUT2D eigenvalue weighted by molar-refractivity contribution is 5.73. The number of piperidine rings is 1. The lowest BCUT2D eigenvalue weighted by Gasteiger charge is -2.34. The maximum atomic E-state index is 11.3. The van der Waals surface area contributed by atoms with Gasteiger partial charge >= 0.3 is 6.03 Å². The van der Waals surface area contributed by atoms with Gasteiger partial charge in [-0.3, -0.25) is 0 Å². The SMILES string of the molecule is C=CCC(N)C1CCN(C(=O)NC)CC1. The fourth-order valence-corrected chi connectivity index (χ4v) is 2.07. The van der Waals surface area contributed by atoms with Crippen LogP contribution in [0.4, 0.5) is 4.79 Å². The van der Waals surface area contributed by atoms with E-state index in [9.17, 15) is 4.79 Å². The first-order valence-electron chi connectivity index (χ1n) is 5.52. The van der Waals surface area contributed by atoms with Crippen molar-refractivity contribution >= 4 is 6.03 Å². The first-order valence-corrected chi connectivity index (χ1v) is 5.52. The molecule has 1 aliphatic rings. The average molecular weight is 211 g/mol. The van der Waals surface area contributed by atoms with E-state index >= 15 is 0 Å². The number of nitrogens with zero attached hydrogens (tertiary/aromatic N) is 1. The van der Waals surface area contributed by atoms with Gasteiger partial charge in [0.1, 0.15) is 0 Å². The Morgan fingerprint density at radius 1 is 1.67 bits per heavy atom. The van der Waals surface area contributed by atoms with Gasteiger partial charge in [0.25, 0.3) is 0 Å². The van der Waals surface area contributed by atoms with Gasteiger partial charge in [0, 0.05) is 26.2 Å². The highest BCUT2D eigenvalue weighted by Gasteiger charge is 2.25. The summed E-state index contributed by atoms with van der Waals surface area (Å²) >= 11 is 0. The number of likely N-dealkylation sites (tertiary alicyclic amines) is 1. The molecular weight excluding hydrogens is 190 g/mol. The molecule has 86 valence electrons. The number of carbonyl (C=O) groups is 1. The standard InChI is InChI=1S/C11H21N3O/c1-3-4-10(12)9-5-7-14(8-6-9)11(15)13-2/h3,9-10H,1,4-8,12H2,2H3,(H,13,15). The molecule has 0 aliphatic carbocycles. The quantitative estimate of drug-likeness (QED) is 0.683. The summed E-state index contributed by atoms with van der Waals surface area (Å²) in [5, 5.41) is 2.64. The second-order valence-electron chi connectivity index (χ2n) is 4.07. The van der Waals surface area contributed by atoms with Crippen LogP contribution in [0.2, 0.25) is 0 Å². The Labute approximate surface area is 91.5 Å². The van der Waals surface area contributed by atoms with Crippen LogP contribution < -0.4 is 11.1 Å². The normalized spacial score (nSPS) is 19.7. The lowest BCUT2D eigenvalue weighted by atomic mass is 9.88. The number of rotatable bonds is 3. The molecule has 0 aromatic carbocycles. The van der Waals surface area contributed by atoms with Gasteiger partial charge in [0.05, 0.1) is 0 Å². The van der Waals surface area contributed by atoms with Gasteiger partial charge in [-0.1, -0.05) is 6.08 Å². The average Bonchev–Trinajstić information content (AvgIpc) is 2.28. The first-order chi connectivity index (χ1) is 7.19. The Morgan fingerprint density at radius 2 is 2.27 bits per heavy atom. The number of nitrogens with two attached hydrogens (primary N) is 1. The van der Waals surface area contributed by atoms with E-state index in [0.29, 0.717) is 5.92 Å². The fourth-order valence-electron chi connectivity index (χ4n) is 2.07. The topological polar surface area (TPSA) is 58.4 Å². The van der Waals surface area contributed by atoms with E-state index in [-0.39, 0.29) is 12.1 Å². The van der Waals surface area contributed by atoms with Crippen LogP contribution in [0.3, 0.4) is 0 Å². The smallest absolute Gasteiger partial charge is 0.317 e. The van der Waals surface area contributed by atoms with E-state index in [1.807, 2.05) is 11.0 Å². The summed E-state index contributed by atoms with van der Waals surface area (Å²) in [6.45, 7) is 5.33. The highest BCUT2D eigenvalue weighted by atomic mass is 16.2. The monoisotopic (exact) mass is 211 g/mol. The van der Waals surface area contributed by atoms with E-state index in [1.165, 1.54) is 0 Å². The largest absolute Gasteiger partial charge is 0.341 e. The molecule has 0 aromatic rings. The summed E-state index contributed by atoms with van der Waals surface area (Å²) in [5.41, 5.74) is 6.02. The zero-order valence-corrected chi connectivity index (χ0v) is 9.41. The number of nitrogens with one attached hydrogen (secondary N) is 1. The second kappa shape index (κ2) is 5.75. The summed E-state index contributed by atoms with van der Waals surface area (Å²) in [6.07, 6.45) is 4.74. The molecule has 4 heteroatoms. The van der Waals surface area contributed by atoms with E-state index < -0.39 is 0 Å². The predicted octanol–water partition coefficient (Wildman–Crippen LogP) is 0.941. The maximum absolute atomic E-state index is 11.3. The van der Waals surface area contributed by atoms with Crippen LogP contribution in [0.25, 0.3) is 0 Å². The van der Waals surface area contributed by atoms with Crippen molar-refractivity contribution in [3.8, 4) is 0 Å². The van der Waals surface area contributed by atoms with Crippen LogP contribution in [-0.4, -0.2) is 37.1 Å². The van der Waals surface area contributed by atoms with Crippen LogP contribution >= 0.6 is 0 Å². The Hall–Kier alpha value is -1.03. The van der Waals surface area contributed by atoms with E-state index in [2.05, 4.69) is 11.9 Å². The molecular formula is C11H21N3O. The third-order valence-electron chi connectivity index (χ3n) is 3.09. The van der Waals surface area contributed by atoms with Crippen LogP contribution in [0.5, 0.6) is 0 Å². The van der Waals surface area contributed by atoms with Crippen molar-refractivity contribution in [2.75, 3.05) is 20.1 Å². The minimum Gasteiger partial charge on any atom is -0.341 e. The summed E-state index contributed by atoms with van der Waals surface area (Å²) in [7, 11) is 1.66. The van der Waals surface area contributed by atoms with Gasteiger partial charge in [-0.15, -0.1) is 6.58 Å². The molecule has 1 rings (SSSR count). The molecule has 15 heavy (non-hydrogen) atoms. The van der Waals surface area contributed by atoms with Crippen molar-refractivity contribution in [3.63, 3.8) is 0 Å². The summed E-state index contributed by atoms with van der Waals surface area (Å²) in [6, 6.07) is 0.222. The minimum atomic E-state index is 0.0192. The third-order valence-corrected chi connectivity index (χ3v) is 3.09. The van der Waals surface area contributed by atoms with Crippen molar-refractivity contribution in [2.45, 2.75) is 25.3 Å². The van der Waals surface area contributed by atoms with E-state index in [0.717, 1.165) is 32.4 Å². The van der Waals surface area contributed by atoms with Gasteiger partial charge in [-0.25, -0.2) is 4.79 Å². The van der Waals surface area contributed by atoms with Crippen molar-refractivity contribution < 1.29 is 4.79 Å². The molecule has 0 saturated carbocycles. The molecule has 1 aliphatic heterocycles. The van der Waals surface area contributed by atoms with Crippen molar-refractivity contribution in [3.05, 3.63) is 12.7 Å². The van der Waals surface area contributed by atoms with Gasteiger partial charge in [0.2, 0.25) is 0 Å². The second-order valence-corrected chi connectivity index (χ2v) is 4.07. The predicted molar refractivity (Wildman–Crippen MR) is 61.5 cm³/mol. The van der Waals surface area contributed by atoms with Gasteiger partial charge < -0.3 is 16.0 Å². The molecule has 1 fully saturated rings. The van der Waals surface area contributed by atoms with E-state index in [4.69, 9.17) is 5.73 Å². The Kier molecular flexibility index (Phi) is 4.62. The molecule has 1 unspecified atom stereocenters. The number of carbonyl (C=O) groups excluding carboxylic acids is 1. The molecule has 4 nitrogen and oxygen atoms in total. The van der Waals surface area contributed by atoms with Gasteiger partial charge in [0.15, 0.2) is 0 Å². The van der Waals surface area contributed by atoms with Crippen LogP contribution in [0, 0.1) is 5.92 Å². The summed E-state index contributed by atoms with van der Waals surface area (Å²) in [5.74, 6) is 0.531. The molecule has 0 radical (unpaired) electrons. The van der Waals surface area contributed by atoms with E-state index in [1.54, 1.807) is 7.05 Å². The zero-order chi connectivity index (χ0) is 11.3. The van der Waals surface area contributed by atoms with Crippen LogP contribution in [0.1, 0.15) is 19.3 Å². The molecule has 1 saturated heterocycles. The van der Waals surface area contributed by atoms with Crippen molar-refractivity contribution in [1.82, 2.24) is 10.2 Å². The summed E-state index contributed by atoms with van der Waals surface area (Å²) in [4.78, 5) is 13.2. The zero-order valence-electron chi connectivity index (χ0n) is 9.41. The lowest BCUT2D eigenvalue weighted by Crippen LogP contribution is -2.46. The highest BCUT2D eigenvalue weighted by Crippen LogP contribution is 2.21. The van der Waals surface area contributed by atoms with Crippen molar-refractivity contribution in [1.29, 1.82) is 0 Å². The van der Waals surface area contributed by atoms with Crippen LogP contribution in [0.15, 0.2) is 12.7 Å². The third kappa shape index (κ3) is 3.23. The van der Waals surface area contributed by atoms with Gasteiger partial charge in [-0.05, 0) is 25.2 Å². The molecule has 3 N–H and O–H groups in total. The van der Waals surface area contributed by atoms with Crippen LogP contribution in [-0.2, 0) is 0 Å². The Bertz CT molecular complexity index is 222. The molecule has 1 heterocycles. The lowest BCUT2D eigenvalue weighted by molar-refractivity contribution is 0.165. The van der Waals surface area contributed by atoms with Crippen molar-refractivity contribution in [2.24, 2.45) is 11.7 Å². The molecule has 0 spiro atoms. The number of amides is 2. The maximum Gasteiger partial charge on any atom is 0.317 e. The number of urea groups is 1. The molecule has 1 atom stereocenters. The molecule has 0 bridgehead atoms. The van der Waals surface area contributed by atoms with Gasteiger partial charge in [-0.2, -0.15) is 0 Å².